The molecule has 1 aromatic carbocycles. The molecule has 7 nitrogen and oxygen atoms in total. The SMILES string of the molecule is N#Cc1ccc(NCCN2CCOCC2)c([N+](=O)[O-])c1. The summed E-state index contributed by atoms with van der Waals surface area (Å²) < 4.78 is 5.26. The molecule has 0 aliphatic carbocycles. The Bertz CT molecular complexity index is 521. The van der Waals surface area contributed by atoms with Gasteiger partial charge in [-0.1, -0.05) is 0 Å². The maximum atomic E-state index is 11.0. The molecular formula is C13H16N4O3. The molecule has 1 N–H and O–H groups in total. The molecule has 1 aromatic rings. The van der Waals surface area contributed by atoms with Gasteiger partial charge in [-0.2, -0.15) is 5.26 Å². The van der Waals surface area contributed by atoms with Gasteiger partial charge in [-0.25, -0.2) is 0 Å². The van der Waals surface area contributed by atoms with Crippen molar-refractivity contribution in [1.29, 1.82) is 5.26 Å². The lowest BCUT2D eigenvalue weighted by Gasteiger charge is -2.26. The van der Waals surface area contributed by atoms with Gasteiger partial charge in [0.15, 0.2) is 0 Å². The van der Waals surface area contributed by atoms with Gasteiger partial charge in [0.25, 0.3) is 5.69 Å². The number of hydrogen-bond acceptors (Lipinski definition) is 6. The van der Waals surface area contributed by atoms with Gasteiger partial charge in [0.2, 0.25) is 0 Å². The molecule has 0 aromatic heterocycles. The van der Waals surface area contributed by atoms with E-state index < -0.39 is 4.92 Å². The molecule has 0 unspecified atom stereocenters. The van der Waals surface area contributed by atoms with Crippen LogP contribution < -0.4 is 5.32 Å². The molecule has 0 bridgehead atoms. The van der Waals surface area contributed by atoms with Crippen LogP contribution in [0.3, 0.4) is 0 Å². The fourth-order valence-electron chi connectivity index (χ4n) is 2.08. The van der Waals surface area contributed by atoms with Gasteiger partial charge in [-0.15, -0.1) is 0 Å². The first-order valence-corrected chi connectivity index (χ1v) is 6.43. The van der Waals surface area contributed by atoms with E-state index in [0.717, 1.165) is 32.8 Å². The number of nitro benzene ring substituents is 1. The van der Waals surface area contributed by atoms with E-state index >= 15 is 0 Å². The maximum Gasteiger partial charge on any atom is 0.293 e. The fraction of sp³-hybridized carbons (Fsp3) is 0.462. The highest BCUT2D eigenvalue weighted by Gasteiger charge is 2.15. The largest absolute Gasteiger partial charge is 0.379 e. The number of nitrogens with one attached hydrogen (secondary N) is 1. The van der Waals surface area contributed by atoms with Crippen molar-refractivity contribution >= 4 is 11.4 Å². The zero-order chi connectivity index (χ0) is 14.4. The summed E-state index contributed by atoms with van der Waals surface area (Å²) in [5.41, 5.74) is 0.670. The van der Waals surface area contributed by atoms with Gasteiger partial charge in [-0.3, -0.25) is 15.0 Å². The third-order valence-electron chi connectivity index (χ3n) is 3.17. The van der Waals surface area contributed by atoms with Crippen molar-refractivity contribution < 1.29 is 9.66 Å². The van der Waals surface area contributed by atoms with E-state index in [4.69, 9.17) is 10.00 Å². The Kier molecular flexibility index (Phi) is 4.87. The zero-order valence-electron chi connectivity index (χ0n) is 11.0. The third-order valence-corrected chi connectivity index (χ3v) is 3.17. The lowest BCUT2D eigenvalue weighted by molar-refractivity contribution is -0.384. The van der Waals surface area contributed by atoms with Gasteiger partial charge in [0, 0.05) is 32.2 Å². The van der Waals surface area contributed by atoms with E-state index in [2.05, 4.69) is 10.2 Å². The molecule has 1 aliphatic rings. The molecule has 1 saturated heterocycles. The van der Waals surface area contributed by atoms with E-state index in [0.29, 0.717) is 12.2 Å². The molecule has 0 atom stereocenters. The molecule has 2 rings (SSSR count). The number of benzene rings is 1. The predicted octanol–water partition coefficient (Wildman–Crippen LogP) is 1.21. The highest BCUT2D eigenvalue weighted by atomic mass is 16.6. The first kappa shape index (κ1) is 14.2. The van der Waals surface area contributed by atoms with Crippen molar-refractivity contribution in [3.05, 3.63) is 33.9 Å². The van der Waals surface area contributed by atoms with Crippen molar-refractivity contribution in [3.63, 3.8) is 0 Å². The lowest BCUT2D eigenvalue weighted by atomic mass is 10.2. The summed E-state index contributed by atoms with van der Waals surface area (Å²) in [4.78, 5) is 12.8. The standard InChI is InChI=1S/C13H16N4O3/c14-10-11-1-2-12(13(9-11)17(18)19)15-3-4-16-5-7-20-8-6-16/h1-2,9,15H,3-8H2. The van der Waals surface area contributed by atoms with Crippen molar-refractivity contribution in [2.45, 2.75) is 0 Å². The van der Waals surface area contributed by atoms with Gasteiger partial charge in [-0.05, 0) is 12.1 Å². The number of ether oxygens (including phenoxy) is 1. The van der Waals surface area contributed by atoms with Crippen LogP contribution in [0.5, 0.6) is 0 Å². The average Bonchev–Trinajstić information content (AvgIpc) is 2.48. The van der Waals surface area contributed by atoms with E-state index in [1.165, 1.54) is 6.07 Å². The van der Waals surface area contributed by atoms with E-state index in [1.807, 2.05) is 6.07 Å². The highest BCUT2D eigenvalue weighted by molar-refractivity contribution is 5.64. The molecule has 0 spiro atoms. The average molecular weight is 276 g/mol. The minimum absolute atomic E-state index is 0.0639. The van der Waals surface area contributed by atoms with E-state index in [1.54, 1.807) is 12.1 Å². The Morgan fingerprint density at radius 1 is 1.45 bits per heavy atom. The first-order chi connectivity index (χ1) is 9.70. The van der Waals surface area contributed by atoms with E-state index in [-0.39, 0.29) is 11.3 Å². The smallest absolute Gasteiger partial charge is 0.293 e. The summed E-state index contributed by atoms with van der Waals surface area (Å²) in [6.07, 6.45) is 0. The molecule has 0 saturated carbocycles. The van der Waals surface area contributed by atoms with Crippen LogP contribution in [0.25, 0.3) is 0 Å². The van der Waals surface area contributed by atoms with Gasteiger partial charge in [0.05, 0.1) is 29.8 Å². The van der Waals surface area contributed by atoms with Gasteiger partial charge >= 0.3 is 0 Å². The van der Waals surface area contributed by atoms with Crippen LogP contribution in [-0.2, 0) is 4.74 Å². The van der Waals surface area contributed by atoms with Crippen LogP contribution in [0.2, 0.25) is 0 Å². The molecule has 1 fully saturated rings. The number of nitriles is 1. The van der Waals surface area contributed by atoms with Crippen LogP contribution >= 0.6 is 0 Å². The maximum absolute atomic E-state index is 11.0. The quantitative estimate of drug-likeness (QED) is 0.642. The molecule has 1 aliphatic heterocycles. The van der Waals surface area contributed by atoms with Crippen LogP contribution in [0, 0.1) is 21.4 Å². The monoisotopic (exact) mass is 276 g/mol. The Morgan fingerprint density at radius 3 is 2.85 bits per heavy atom. The number of nitro groups is 1. The number of hydrogen-bond donors (Lipinski definition) is 1. The molecule has 0 amide bonds. The summed E-state index contributed by atoms with van der Waals surface area (Å²) in [7, 11) is 0. The Balaban J connectivity index is 1.94. The molecule has 0 radical (unpaired) electrons. The Morgan fingerprint density at radius 2 is 2.20 bits per heavy atom. The second-order valence-electron chi connectivity index (χ2n) is 4.48. The summed E-state index contributed by atoms with van der Waals surface area (Å²) >= 11 is 0. The number of anilines is 1. The molecular weight excluding hydrogens is 260 g/mol. The van der Waals surface area contributed by atoms with Crippen molar-refractivity contribution in [2.75, 3.05) is 44.7 Å². The second-order valence-corrected chi connectivity index (χ2v) is 4.48. The number of morpholine rings is 1. The summed E-state index contributed by atoms with van der Waals surface area (Å²) in [6.45, 7) is 4.66. The van der Waals surface area contributed by atoms with Crippen LogP contribution in [0.4, 0.5) is 11.4 Å². The second kappa shape index (κ2) is 6.84. The normalized spacial score (nSPS) is 15.6. The van der Waals surface area contributed by atoms with Crippen molar-refractivity contribution in [3.8, 4) is 6.07 Å². The van der Waals surface area contributed by atoms with E-state index in [9.17, 15) is 10.1 Å². The van der Waals surface area contributed by atoms with Crippen molar-refractivity contribution in [2.24, 2.45) is 0 Å². The lowest BCUT2D eigenvalue weighted by Crippen LogP contribution is -2.39. The van der Waals surface area contributed by atoms with Crippen molar-refractivity contribution in [1.82, 2.24) is 4.90 Å². The molecule has 20 heavy (non-hydrogen) atoms. The number of nitrogens with zero attached hydrogens (tertiary/aromatic N) is 3. The highest BCUT2D eigenvalue weighted by Crippen LogP contribution is 2.25. The molecule has 7 heteroatoms. The van der Waals surface area contributed by atoms with Gasteiger partial charge in [0.1, 0.15) is 5.69 Å². The zero-order valence-corrected chi connectivity index (χ0v) is 11.0. The van der Waals surface area contributed by atoms with Crippen LogP contribution in [0.15, 0.2) is 18.2 Å². The summed E-state index contributed by atoms with van der Waals surface area (Å²) in [5, 5.41) is 22.8. The number of rotatable bonds is 5. The van der Waals surface area contributed by atoms with Crippen LogP contribution in [-0.4, -0.2) is 49.2 Å². The topological polar surface area (TPSA) is 91.4 Å². The first-order valence-electron chi connectivity index (χ1n) is 6.43. The van der Waals surface area contributed by atoms with Crippen LogP contribution in [0.1, 0.15) is 5.56 Å². The third kappa shape index (κ3) is 3.66. The minimum atomic E-state index is -0.474. The predicted molar refractivity (Wildman–Crippen MR) is 73.6 cm³/mol. The Labute approximate surface area is 116 Å². The minimum Gasteiger partial charge on any atom is -0.379 e. The van der Waals surface area contributed by atoms with Gasteiger partial charge < -0.3 is 10.1 Å². The molecule has 106 valence electrons. The fourth-order valence-corrected chi connectivity index (χ4v) is 2.08. The summed E-state index contributed by atoms with van der Waals surface area (Å²) in [5.74, 6) is 0. The molecule has 1 heterocycles. The Hall–Kier alpha value is -2.17. The summed E-state index contributed by atoms with van der Waals surface area (Å²) in [6, 6.07) is 6.34.